The van der Waals surface area contributed by atoms with Gasteiger partial charge in [-0.1, -0.05) is 30.3 Å². The molecule has 0 aromatic heterocycles. The lowest BCUT2D eigenvalue weighted by Gasteiger charge is -2.49. The Bertz CT molecular complexity index is 582. The van der Waals surface area contributed by atoms with Crippen LogP contribution in [0.1, 0.15) is 18.4 Å². The molecule has 4 nitrogen and oxygen atoms in total. The highest BCUT2D eigenvalue weighted by Gasteiger charge is 2.53. The number of carbonyl (C=O) groups excluding carboxylic acids is 1. The Morgan fingerprint density at radius 3 is 2.68 bits per heavy atom. The average molecular weight is 275 g/mol. The van der Waals surface area contributed by atoms with Crippen LogP contribution in [-0.2, 0) is 9.59 Å². The van der Waals surface area contributed by atoms with Crippen LogP contribution in [0.15, 0.2) is 41.6 Å². The molecule has 5 heteroatoms. The summed E-state index contributed by atoms with van der Waals surface area (Å²) in [6, 6.07) is 9.55. The summed E-state index contributed by atoms with van der Waals surface area (Å²) in [5.74, 6) is -0.671. The van der Waals surface area contributed by atoms with Crippen molar-refractivity contribution in [2.24, 2.45) is 0 Å². The molecule has 0 radical (unpaired) electrons. The summed E-state index contributed by atoms with van der Waals surface area (Å²) in [4.78, 5) is 25.0. The molecule has 0 spiro atoms. The Kier molecular flexibility index (Phi) is 2.86. The molecular formula is C14H13NO3S. The molecule has 2 aliphatic rings. The number of benzene rings is 1. The molecule has 1 N–H and O–H groups in total. The van der Waals surface area contributed by atoms with Crippen LogP contribution in [0.3, 0.4) is 0 Å². The van der Waals surface area contributed by atoms with Crippen LogP contribution in [0.5, 0.6) is 0 Å². The monoisotopic (exact) mass is 275 g/mol. The van der Waals surface area contributed by atoms with Crippen molar-refractivity contribution < 1.29 is 14.7 Å². The summed E-state index contributed by atoms with van der Waals surface area (Å²) < 4.78 is 0. The van der Waals surface area contributed by atoms with Crippen molar-refractivity contribution in [3.63, 3.8) is 0 Å². The summed E-state index contributed by atoms with van der Waals surface area (Å²) in [6.07, 6.45) is 0. The van der Waals surface area contributed by atoms with Crippen molar-refractivity contribution in [3.05, 3.63) is 47.2 Å². The smallest absolute Gasteiger partial charge is 0.352 e. The van der Waals surface area contributed by atoms with Gasteiger partial charge in [-0.05, 0) is 18.1 Å². The zero-order chi connectivity index (χ0) is 13.6. The lowest BCUT2D eigenvalue weighted by Crippen LogP contribution is -2.59. The van der Waals surface area contributed by atoms with Crippen LogP contribution in [-0.4, -0.2) is 33.0 Å². The molecule has 0 aliphatic carbocycles. The fourth-order valence-corrected chi connectivity index (χ4v) is 3.99. The fraction of sp³-hybridized carbons (Fsp3) is 0.286. The summed E-state index contributed by atoms with van der Waals surface area (Å²) in [7, 11) is 0. The SMILES string of the molecule is CC1=C(C(=O)O)N2C(=O)C(c3ccccc3)[C@@H]2SC1. The molecule has 1 aromatic rings. The lowest BCUT2D eigenvalue weighted by molar-refractivity contribution is -0.148. The number of nitrogens with zero attached hydrogens (tertiary/aromatic N) is 1. The molecule has 1 unspecified atom stereocenters. The zero-order valence-electron chi connectivity index (χ0n) is 10.4. The van der Waals surface area contributed by atoms with E-state index in [9.17, 15) is 14.7 Å². The average Bonchev–Trinajstić information content (AvgIpc) is 2.40. The predicted molar refractivity (Wildman–Crippen MR) is 72.6 cm³/mol. The van der Waals surface area contributed by atoms with E-state index in [-0.39, 0.29) is 22.9 Å². The molecule has 0 bridgehead atoms. The van der Waals surface area contributed by atoms with Gasteiger partial charge in [0.2, 0.25) is 5.91 Å². The first-order chi connectivity index (χ1) is 9.11. The number of fused-ring (bicyclic) bond motifs is 1. The second-order valence-electron chi connectivity index (χ2n) is 4.73. The minimum absolute atomic E-state index is 0.0790. The van der Waals surface area contributed by atoms with E-state index < -0.39 is 5.97 Å². The molecule has 1 fully saturated rings. The summed E-state index contributed by atoms with van der Waals surface area (Å²) in [5, 5.41) is 9.17. The second kappa shape index (κ2) is 4.42. The number of β-lactam (4-membered cyclic amide) rings is 1. The number of thioether (sulfide) groups is 1. The zero-order valence-corrected chi connectivity index (χ0v) is 11.2. The van der Waals surface area contributed by atoms with Gasteiger partial charge in [0.1, 0.15) is 5.70 Å². The van der Waals surface area contributed by atoms with Gasteiger partial charge in [-0.25, -0.2) is 4.79 Å². The third-order valence-electron chi connectivity index (χ3n) is 3.52. The van der Waals surface area contributed by atoms with Crippen LogP contribution in [0.2, 0.25) is 0 Å². The predicted octanol–water partition coefficient (Wildman–Crippen LogP) is 2.04. The number of hydrogen-bond acceptors (Lipinski definition) is 3. The first-order valence-electron chi connectivity index (χ1n) is 6.04. The highest BCUT2D eigenvalue weighted by atomic mass is 32.2. The molecule has 2 atom stereocenters. The van der Waals surface area contributed by atoms with Crippen LogP contribution < -0.4 is 0 Å². The summed E-state index contributed by atoms with van der Waals surface area (Å²) >= 11 is 1.63. The molecule has 3 rings (SSSR count). The Morgan fingerprint density at radius 1 is 1.37 bits per heavy atom. The molecule has 19 heavy (non-hydrogen) atoms. The Labute approximate surface area is 115 Å². The third-order valence-corrected chi connectivity index (χ3v) is 4.94. The van der Waals surface area contributed by atoms with Gasteiger partial charge in [0.05, 0.1) is 11.3 Å². The van der Waals surface area contributed by atoms with E-state index in [2.05, 4.69) is 0 Å². The van der Waals surface area contributed by atoms with Crippen molar-refractivity contribution in [2.75, 3.05) is 5.75 Å². The molecular weight excluding hydrogens is 262 g/mol. The normalized spacial score (nSPS) is 25.9. The van der Waals surface area contributed by atoms with E-state index >= 15 is 0 Å². The van der Waals surface area contributed by atoms with Gasteiger partial charge in [-0.3, -0.25) is 9.69 Å². The molecule has 2 heterocycles. The van der Waals surface area contributed by atoms with Gasteiger partial charge in [-0.15, -0.1) is 11.8 Å². The topological polar surface area (TPSA) is 57.6 Å². The Balaban J connectivity index is 1.95. The number of aliphatic carboxylic acids is 1. The van der Waals surface area contributed by atoms with Crippen LogP contribution >= 0.6 is 11.8 Å². The number of carboxylic acid groups (broad SMARTS) is 1. The molecule has 0 saturated carbocycles. The molecule has 1 saturated heterocycles. The standard InChI is InChI=1S/C14H13NO3S/c1-8-7-19-13-10(9-5-3-2-4-6-9)12(16)15(13)11(8)14(17)18/h2-6,10,13H,7H2,1H3,(H,17,18)/t10?,13-/m0/s1. The van der Waals surface area contributed by atoms with Gasteiger partial charge in [0.25, 0.3) is 0 Å². The van der Waals surface area contributed by atoms with Crippen molar-refractivity contribution in [1.82, 2.24) is 4.90 Å². The van der Waals surface area contributed by atoms with E-state index in [4.69, 9.17) is 0 Å². The van der Waals surface area contributed by atoms with E-state index in [1.54, 1.807) is 18.7 Å². The minimum Gasteiger partial charge on any atom is -0.477 e. The molecule has 98 valence electrons. The first-order valence-corrected chi connectivity index (χ1v) is 7.09. The number of carboxylic acids is 1. The Hall–Kier alpha value is -1.75. The number of hydrogen-bond donors (Lipinski definition) is 1. The van der Waals surface area contributed by atoms with Crippen molar-refractivity contribution in [2.45, 2.75) is 18.2 Å². The lowest BCUT2D eigenvalue weighted by atomic mass is 9.88. The highest BCUT2D eigenvalue weighted by molar-refractivity contribution is 8.00. The van der Waals surface area contributed by atoms with E-state index in [0.717, 1.165) is 11.1 Å². The van der Waals surface area contributed by atoms with E-state index in [1.165, 1.54) is 4.90 Å². The number of carbonyl (C=O) groups is 2. The maximum atomic E-state index is 12.3. The van der Waals surface area contributed by atoms with Crippen molar-refractivity contribution in [3.8, 4) is 0 Å². The van der Waals surface area contributed by atoms with Gasteiger partial charge < -0.3 is 5.11 Å². The summed E-state index contributed by atoms with van der Waals surface area (Å²) in [6.45, 7) is 1.77. The van der Waals surface area contributed by atoms with Gasteiger partial charge in [0, 0.05) is 5.75 Å². The van der Waals surface area contributed by atoms with Gasteiger partial charge in [-0.2, -0.15) is 0 Å². The molecule has 1 amide bonds. The number of rotatable bonds is 2. The second-order valence-corrected chi connectivity index (χ2v) is 5.84. The van der Waals surface area contributed by atoms with Crippen LogP contribution in [0, 0.1) is 0 Å². The minimum atomic E-state index is -1.01. The van der Waals surface area contributed by atoms with E-state index in [1.807, 2.05) is 30.3 Å². The third kappa shape index (κ3) is 1.76. The Morgan fingerprint density at radius 2 is 2.05 bits per heavy atom. The van der Waals surface area contributed by atoms with Crippen LogP contribution in [0.25, 0.3) is 0 Å². The fourth-order valence-electron chi connectivity index (χ4n) is 2.61. The first kappa shape index (κ1) is 12.3. The quantitative estimate of drug-likeness (QED) is 0.839. The maximum Gasteiger partial charge on any atom is 0.352 e. The van der Waals surface area contributed by atoms with Crippen LogP contribution in [0.4, 0.5) is 0 Å². The van der Waals surface area contributed by atoms with Crippen molar-refractivity contribution in [1.29, 1.82) is 0 Å². The van der Waals surface area contributed by atoms with Gasteiger partial charge >= 0.3 is 5.97 Å². The molecule has 1 aromatic carbocycles. The van der Waals surface area contributed by atoms with E-state index in [0.29, 0.717) is 5.75 Å². The van der Waals surface area contributed by atoms with Crippen molar-refractivity contribution >= 4 is 23.6 Å². The largest absolute Gasteiger partial charge is 0.477 e. The highest BCUT2D eigenvalue weighted by Crippen LogP contribution is 2.48. The molecule has 2 aliphatic heterocycles. The van der Waals surface area contributed by atoms with Gasteiger partial charge in [0.15, 0.2) is 0 Å². The summed E-state index contributed by atoms with van der Waals surface area (Å²) in [5.41, 5.74) is 1.89. The maximum absolute atomic E-state index is 12.3. The number of amides is 1.